The number of carbonyl (C=O) groups is 1. The highest BCUT2D eigenvalue weighted by Crippen LogP contribution is 2.25. The number of hydrogen-bond acceptors (Lipinski definition) is 3. The molecule has 0 radical (unpaired) electrons. The van der Waals surface area contributed by atoms with Gasteiger partial charge in [0, 0.05) is 13.1 Å². The molecule has 20 heavy (non-hydrogen) atoms. The Hall–Kier alpha value is -1.70. The molecule has 5 nitrogen and oxygen atoms in total. The molecule has 1 unspecified atom stereocenters. The number of amides is 1. The molecule has 1 fully saturated rings. The van der Waals surface area contributed by atoms with Crippen molar-refractivity contribution in [1.82, 2.24) is 4.90 Å². The summed E-state index contributed by atoms with van der Waals surface area (Å²) in [5, 5.41) is 7.96. The van der Waals surface area contributed by atoms with Gasteiger partial charge < -0.3 is 10.0 Å². The first-order valence-electron chi connectivity index (χ1n) is 5.99. The van der Waals surface area contributed by atoms with E-state index in [9.17, 15) is 22.0 Å². The summed E-state index contributed by atoms with van der Waals surface area (Å²) in [5.41, 5.74) is 0. The summed E-state index contributed by atoms with van der Waals surface area (Å²) in [5.74, 6) is -2.36. The van der Waals surface area contributed by atoms with Crippen molar-refractivity contribution in [3.05, 3.63) is 29.8 Å². The van der Waals surface area contributed by atoms with E-state index in [2.05, 4.69) is 0 Å². The number of likely N-dealkylation sites (tertiary alicyclic amines) is 1. The third-order valence-corrected chi connectivity index (χ3v) is 5.48. The molecule has 0 spiro atoms. The third-order valence-electron chi connectivity index (χ3n) is 3.31. The predicted molar refractivity (Wildman–Crippen MR) is 66.2 cm³/mol. The quantitative estimate of drug-likeness (QED) is 0.847. The van der Waals surface area contributed by atoms with E-state index in [1.165, 1.54) is 0 Å². The summed E-state index contributed by atoms with van der Waals surface area (Å²) in [6.45, 7) is 0.121. The van der Waals surface area contributed by atoms with Crippen molar-refractivity contribution in [1.29, 1.82) is 0 Å². The minimum atomic E-state index is -3.88. The van der Waals surface area contributed by atoms with Crippen molar-refractivity contribution in [3.8, 4) is 0 Å². The Bertz CT molecular complexity index is 632. The second-order valence-corrected chi connectivity index (χ2v) is 6.84. The van der Waals surface area contributed by atoms with Crippen LogP contribution in [0.1, 0.15) is 12.8 Å². The van der Waals surface area contributed by atoms with Crippen LogP contribution in [0.3, 0.4) is 0 Å². The SMILES string of the molecule is O=C(O)N1CCCC(S(=O)(=O)c2ccc(F)c(F)c2)C1. The Morgan fingerprint density at radius 3 is 2.60 bits per heavy atom. The first kappa shape index (κ1) is 14.7. The lowest BCUT2D eigenvalue weighted by molar-refractivity contribution is 0.136. The van der Waals surface area contributed by atoms with Crippen molar-refractivity contribution in [3.63, 3.8) is 0 Å². The summed E-state index contributed by atoms with van der Waals surface area (Å²) >= 11 is 0. The van der Waals surface area contributed by atoms with Crippen LogP contribution in [0.2, 0.25) is 0 Å². The molecule has 1 N–H and O–H groups in total. The summed E-state index contributed by atoms with van der Waals surface area (Å²) in [6.07, 6.45) is -0.472. The van der Waals surface area contributed by atoms with Crippen LogP contribution in [0.5, 0.6) is 0 Å². The number of hydrogen-bond donors (Lipinski definition) is 1. The number of carboxylic acid groups (broad SMARTS) is 1. The molecular formula is C12H13F2NO4S. The maximum absolute atomic E-state index is 13.1. The fourth-order valence-electron chi connectivity index (χ4n) is 2.21. The van der Waals surface area contributed by atoms with Crippen molar-refractivity contribution in [2.75, 3.05) is 13.1 Å². The van der Waals surface area contributed by atoms with E-state index in [0.29, 0.717) is 18.9 Å². The fourth-order valence-corrected chi connectivity index (χ4v) is 3.98. The van der Waals surface area contributed by atoms with Gasteiger partial charge in [0.25, 0.3) is 0 Å². The normalized spacial score (nSPS) is 19.9. The van der Waals surface area contributed by atoms with Gasteiger partial charge in [-0.05, 0) is 31.0 Å². The predicted octanol–water partition coefficient (Wildman–Crippen LogP) is 1.88. The molecule has 1 saturated heterocycles. The number of sulfone groups is 1. The Morgan fingerprint density at radius 2 is 2.00 bits per heavy atom. The van der Waals surface area contributed by atoms with E-state index in [0.717, 1.165) is 17.0 Å². The maximum atomic E-state index is 13.1. The molecule has 1 aromatic carbocycles. The van der Waals surface area contributed by atoms with E-state index in [4.69, 9.17) is 5.11 Å². The van der Waals surface area contributed by atoms with Crippen LogP contribution < -0.4 is 0 Å². The standard InChI is InChI=1S/C12H13F2NO4S/c13-10-4-3-8(6-11(10)14)20(18,19)9-2-1-5-15(7-9)12(16)17/h3-4,6,9H,1-2,5,7H2,(H,16,17). The zero-order valence-corrected chi connectivity index (χ0v) is 11.2. The topological polar surface area (TPSA) is 74.7 Å². The van der Waals surface area contributed by atoms with Gasteiger partial charge in [0.2, 0.25) is 0 Å². The fraction of sp³-hybridized carbons (Fsp3) is 0.417. The molecule has 1 aromatic rings. The number of halogens is 2. The van der Waals surface area contributed by atoms with E-state index >= 15 is 0 Å². The molecule has 1 aliphatic heterocycles. The van der Waals surface area contributed by atoms with Gasteiger partial charge in [-0.3, -0.25) is 0 Å². The van der Waals surface area contributed by atoms with Crippen LogP contribution in [0, 0.1) is 11.6 Å². The van der Waals surface area contributed by atoms with E-state index in [1.54, 1.807) is 0 Å². The van der Waals surface area contributed by atoms with Gasteiger partial charge in [-0.1, -0.05) is 0 Å². The Labute approximate surface area is 114 Å². The van der Waals surface area contributed by atoms with Gasteiger partial charge >= 0.3 is 6.09 Å². The Morgan fingerprint density at radius 1 is 1.30 bits per heavy atom. The van der Waals surface area contributed by atoms with Gasteiger partial charge in [-0.15, -0.1) is 0 Å². The summed E-state index contributed by atoms with van der Waals surface area (Å²) in [4.78, 5) is 11.6. The molecule has 1 amide bonds. The summed E-state index contributed by atoms with van der Waals surface area (Å²) in [7, 11) is -3.88. The van der Waals surface area contributed by atoms with Crippen molar-refractivity contribution in [2.45, 2.75) is 23.0 Å². The zero-order valence-electron chi connectivity index (χ0n) is 10.4. The van der Waals surface area contributed by atoms with E-state index in [1.807, 2.05) is 0 Å². The lowest BCUT2D eigenvalue weighted by Gasteiger charge is -2.30. The van der Waals surface area contributed by atoms with Gasteiger partial charge in [0.05, 0.1) is 10.1 Å². The smallest absolute Gasteiger partial charge is 0.407 e. The molecule has 0 aliphatic carbocycles. The summed E-state index contributed by atoms with van der Waals surface area (Å²) in [6, 6.07) is 2.37. The van der Waals surface area contributed by atoms with Crippen LogP contribution in [-0.2, 0) is 9.84 Å². The molecule has 2 rings (SSSR count). The minimum Gasteiger partial charge on any atom is -0.465 e. The van der Waals surface area contributed by atoms with Crippen molar-refractivity contribution < 1.29 is 27.1 Å². The first-order chi connectivity index (χ1) is 9.32. The lowest BCUT2D eigenvalue weighted by Crippen LogP contribution is -2.44. The summed E-state index contributed by atoms with van der Waals surface area (Å²) < 4.78 is 50.6. The molecule has 0 aromatic heterocycles. The number of benzene rings is 1. The molecule has 0 saturated carbocycles. The minimum absolute atomic E-state index is 0.156. The van der Waals surface area contributed by atoms with E-state index in [-0.39, 0.29) is 18.0 Å². The highest BCUT2D eigenvalue weighted by molar-refractivity contribution is 7.92. The second-order valence-electron chi connectivity index (χ2n) is 4.61. The van der Waals surface area contributed by atoms with Crippen LogP contribution in [0.25, 0.3) is 0 Å². The second kappa shape index (κ2) is 5.35. The number of rotatable bonds is 2. The monoisotopic (exact) mass is 305 g/mol. The van der Waals surface area contributed by atoms with Crippen LogP contribution in [0.15, 0.2) is 23.1 Å². The Balaban J connectivity index is 2.29. The van der Waals surface area contributed by atoms with Gasteiger partial charge in [-0.2, -0.15) is 0 Å². The molecule has 110 valence electrons. The van der Waals surface area contributed by atoms with Crippen LogP contribution >= 0.6 is 0 Å². The first-order valence-corrected chi connectivity index (χ1v) is 7.54. The van der Waals surface area contributed by atoms with Crippen LogP contribution in [-0.4, -0.2) is 42.9 Å². The molecular weight excluding hydrogens is 292 g/mol. The average Bonchev–Trinajstić information content (AvgIpc) is 2.42. The molecule has 1 heterocycles. The lowest BCUT2D eigenvalue weighted by atomic mass is 10.1. The van der Waals surface area contributed by atoms with Crippen molar-refractivity contribution >= 4 is 15.9 Å². The van der Waals surface area contributed by atoms with Crippen LogP contribution in [0.4, 0.5) is 13.6 Å². The number of nitrogens with zero attached hydrogens (tertiary/aromatic N) is 1. The molecule has 1 aliphatic rings. The zero-order chi connectivity index (χ0) is 14.9. The van der Waals surface area contributed by atoms with Crippen molar-refractivity contribution in [2.24, 2.45) is 0 Å². The van der Waals surface area contributed by atoms with Gasteiger partial charge in [0.15, 0.2) is 21.5 Å². The molecule has 1 atom stereocenters. The van der Waals surface area contributed by atoms with E-state index < -0.39 is 32.8 Å². The molecule has 0 bridgehead atoms. The Kier molecular flexibility index (Phi) is 3.94. The molecule has 8 heteroatoms. The highest BCUT2D eigenvalue weighted by atomic mass is 32.2. The van der Waals surface area contributed by atoms with Gasteiger partial charge in [0.1, 0.15) is 0 Å². The highest BCUT2D eigenvalue weighted by Gasteiger charge is 2.34. The number of piperidine rings is 1. The largest absolute Gasteiger partial charge is 0.465 e. The maximum Gasteiger partial charge on any atom is 0.407 e. The van der Waals surface area contributed by atoms with Gasteiger partial charge in [-0.25, -0.2) is 22.0 Å². The average molecular weight is 305 g/mol. The third kappa shape index (κ3) is 2.74.